The van der Waals surface area contributed by atoms with E-state index in [1.54, 1.807) is 0 Å². The number of ether oxygens (including phenoxy) is 2. The van der Waals surface area contributed by atoms with Crippen LogP contribution in [0.4, 0.5) is 11.4 Å². The van der Waals surface area contributed by atoms with Crippen molar-refractivity contribution in [3.63, 3.8) is 0 Å². The highest BCUT2D eigenvalue weighted by molar-refractivity contribution is 5.35. The van der Waals surface area contributed by atoms with E-state index in [2.05, 4.69) is 0 Å². The smallest absolute Gasteiger partial charge is 0.269 e. The zero-order valence-corrected chi connectivity index (χ0v) is 12.8. The summed E-state index contributed by atoms with van der Waals surface area (Å²) >= 11 is 0. The predicted octanol–water partition coefficient (Wildman–Crippen LogP) is 2.65. The Bertz CT molecular complexity index is 776. The van der Waals surface area contributed by atoms with Crippen LogP contribution in [-0.4, -0.2) is 27.7 Å². The average Bonchev–Trinajstić information content (AvgIpc) is 2.62. The van der Waals surface area contributed by atoms with E-state index in [1.165, 1.54) is 48.5 Å². The minimum Gasteiger partial charge on any atom is -0.388 e. The van der Waals surface area contributed by atoms with Crippen LogP contribution in [-0.2, 0) is 9.47 Å². The number of rotatable bonds is 4. The zero-order chi connectivity index (χ0) is 18.0. The Morgan fingerprint density at radius 1 is 0.880 bits per heavy atom. The van der Waals surface area contributed by atoms with Crippen LogP contribution < -0.4 is 0 Å². The second kappa shape index (κ2) is 6.93. The minimum absolute atomic E-state index is 0.00328. The maximum Gasteiger partial charge on any atom is 0.269 e. The molecule has 3 rings (SSSR count). The molecule has 0 spiro atoms. The minimum atomic E-state index is -0.934. The fourth-order valence-corrected chi connectivity index (χ4v) is 2.55. The first-order chi connectivity index (χ1) is 12.0. The van der Waals surface area contributed by atoms with Crippen molar-refractivity contribution in [2.75, 3.05) is 6.61 Å². The number of hydrogen-bond acceptors (Lipinski definition) is 7. The molecule has 1 aliphatic rings. The van der Waals surface area contributed by atoms with Crippen LogP contribution in [0.15, 0.2) is 48.5 Å². The largest absolute Gasteiger partial charge is 0.388 e. The van der Waals surface area contributed by atoms with Crippen LogP contribution in [0, 0.1) is 20.2 Å². The molecule has 9 heteroatoms. The summed E-state index contributed by atoms with van der Waals surface area (Å²) in [5.41, 5.74) is 1.04. The topological polar surface area (TPSA) is 125 Å². The lowest BCUT2D eigenvalue weighted by Gasteiger charge is -2.34. The molecule has 1 aliphatic heterocycles. The van der Waals surface area contributed by atoms with Gasteiger partial charge in [-0.3, -0.25) is 20.2 Å². The number of aliphatic hydroxyl groups is 1. The maximum atomic E-state index is 10.7. The van der Waals surface area contributed by atoms with Crippen molar-refractivity contribution in [3.05, 3.63) is 79.9 Å². The Morgan fingerprint density at radius 3 is 1.84 bits per heavy atom. The van der Waals surface area contributed by atoms with Gasteiger partial charge in [0, 0.05) is 29.8 Å². The number of nitrogens with zero attached hydrogens (tertiary/aromatic N) is 2. The molecule has 0 aliphatic carbocycles. The van der Waals surface area contributed by atoms with Crippen molar-refractivity contribution < 1.29 is 24.4 Å². The van der Waals surface area contributed by atoms with Gasteiger partial charge in [0.1, 0.15) is 12.2 Å². The van der Waals surface area contributed by atoms with Gasteiger partial charge in [-0.2, -0.15) is 0 Å². The Hall–Kier alpha value is -2.88. The summed E-state index contributed by atoms with van der Waals surface area (Å²) in [5, 5.41) is 31.5. The number of nitro benzene ring substituents is 2. The van der Waals surface area contributed by atoms with E-state index in [-0.39, 0.29) is 18.0 Å². The van der Waals surface area contributed by atoms with Crippen molar-refractivity contribution >= 4 is 11.4 Å². The lowest BCUT2D eigenvalue weighted by molar-refractivity contribution is -0.385. The van der Waals surface area contributed by atoms with Gasteiger partial charge >= 0.3 is 0 Å². The van der Waals surface area contributed by atoms with E-state index in [4.69, 9.17) is 9.47 Å². The monoisotopic (exact) mass is 346 g/mol. The summed E-state index contributed by atoms with van der Waals surface area (Å²) in [6.07, 6.45) is -2.46. The standard InChI is InChI=1S/C16H14N2O7/c19-14-9-24-16(11-3-7-13(8-4-11)18(22)23)25-15(14)10-1-5-12(6-2-10)17(20)21/h1-8,14-16,19H,9H2/t14-,15-,16+/m0/s1. The third-order valence-corrected chi connectivity index (χ3v) is 3.85. The van der Waals surface area contributed by atoms with Gasteiger partial charge in [0.05, 0.1) is 16.5 Å². The first-order valence-electron chi connectivity index (χ1n) is 7.39. The highest BCUT2D eigenvalue weighted by Crippen LogP contribution is 2.35. The molecule has 2 aromatic carbocycles. The van der Waals surface area contributed by atoms with E-state index in [1.807, 2.05) is 0 Å². The van der Waals surface area contributed by atoms with Crippen LogP contribution in [0.2, 0.25) is 0 Å². The molecular formula is C16H14N2O7. The van der Waals surface area contributed by atoms with Crippen molar-refractivity contribution in [1.82, 2.24) is 0 Å². The average molecular weight is 346 g/mol. The molecule has 1 N–H and O–H groups in total. The number of nitro groups is 2. The molecule has 130 valence electrons. The van der Waals surface area contributed by atoms with Gasteiger partial charge in [0.15, 0.2) is 6.29 Å². The molecule has 1 heterocycles. The normalized spacial score (nSPS) is 23.2. The number of non-ortho nitro benzene ring substituents is 2. The lowest BCUT2D eigenvalue weighted by Crippen LogP contribution is -2.34. The van der Waals surface area contributed by atoms with Crippen LogP contribution in [0.1, 0.15) is 23.5 Å². The molecule has 1 saturated heterocycles. The highest BCUT2D eigenvalue weighted by Gasteiger charge is 2.33. The molecule has 0 bridgehead atoms. The molecule has 9 nitrogen and oxygen atoms in total. The first kappa shape index (κ1) is 17.0. The molecular weight excluding hydrogens is 332 g/mol. The summed E-state index contributed by atoms with van der Waals surface area (Å²) in [6, 6.07) is 11.4. The van der Waals surface area contributed by atoms with Crippen molar-refractivity contribution in [2.24, 2.45) is 0 Å². The Balaban J connectivity index is 1.79. The third kappa shape index (κ3) is 3.63. The van der Waals surface area contributed by atoms with E-state index < -0.39 is 28.3 Å². The quantitative estimate of drug-likeness (QED) is 0.666. The molecule has 0 radical (unpaired) electrons. The number of aliphatic hydroxyl groups excluding tert-OH is 1. The van der Waals surface area contributed by atoms with Crippen molar-refractivity contribution in [1.29, 1.82) is 0 Å². The molecule has 3 atom stereocenters. The molecule has 0 unspecified atom stereocenters. The third-order valence-electron chi connectivity index (χ3n) is 3.85. The van der Waals surface area contributed by atoms with E-state index in [0.29, 0.717) is 11.1 Å². The highest BCUT2D eigenvalue weighted by atomic mass is 16.7. The molecule has 1 fully saturated rings. The van der Waals surface area contributed by atoms with Gasteiger partial charge in [-0.05, 0) is 29.8 Å². The van der Waals surface area contributed by atoms with Gasteiger partial charge < -0.3 is 14.6 Å². The second-order valence-corrected chi connectivity index (χ2v) is 5.49. The fourth-order valence-electron chi connectivity index (χ4n) is 2.55. The number of benzene rings is 2. The van der Waals surface area contributed by atoms with Crippen LogP contribution >= 0.6 is 0 Å². The fraction of sp³-hybridized carbons (Fsp3) is 0.250. The van der Waals surface area contributed by atoms with Crippen molar-refractivity contribution in [2.45, 2.75) is 18.5 Å². The van der Waals surface area contributed by atoms with Gasteiger partial charge in [-0.15, -0.1) is 0 Å². The van der Waals surface area contributed by atoms with Crippen LogP contribution in [0.3, 0.4) is 0 Å². The summed E-state index contributed by atoms with van der Waals surface area (Å²) in [5.74, 6) is 0. The zero-order valence-electron chi connectivity index (χ0n) is 12.8. The van der Waals surface area contributed by atoms with E-state index in [0.717, 1.165) is 0 Å². The van der Waals surface area contributed by atoms with Crippen molar-refractivity contribution in [3.8, 4) is 0 Å². The van der Waals surface area contributed by atoms with Gasteiger partial charge in [-0.25, -0.2) is 0 Å². The SMILES string of the molecule is O=[N+]([O-])c1ccc([C@@H]2OC[C@H](O)[C@H](c3ccc([N+](=O)[O-])cc3)O2)cc1. The Kier molecular flexibility index (Phi) is 4.70. The summed E-state index contributed by atoms with van der Waals surface area (Å²) in [6.45, 7) is 0.00328. The summed E-state index contributed by atoms with van der Waals surface area (Å²) in [7, 11) is 0. The Morgan fingerprint density at radius 2 is 1.36 bits per heavy atom. The predicted molar refractivity (Wildman–Crippen MR) is 84.7 cm³/mol. The van der Waals surface area contributed by atoms with Gasteiger partial charge in [-0.1, -0.05) is 0 Å². The van der Waals surface area contributed by atoms with Crippen LogP contribution in [0.25, 0.3) is 0 Å². The van der Waals surface area contributed by atoms with Gasteiger partial charge in [0.25, 0.3) is 11.4 Å². The molecule has 0 aromatic heterocycles. The summed E-state index contributed by atoms with van der Waals surface area (Å²) < 4.78 is 11.2. The van der Waals surface area contributed by atoms with E-state index in [9.17, 15) is 25.3 Å². The maximum absolute atomic E-state index is 10.7. The number of hydrogen-bond donors (Lipinski definition) is 1. The molecule has 2 aromatic rings. The molecule has 0 amide bonds. The van der Waals surface area contributed by atoms with E-state index >= 15 is 0 Å². The summed E-state index contributed by atoms with van der Waals surface area (Å²) in [4.78, 5) is 20.4. The molecule has 25 heavy (non-hydrogen) atoms. The van der Waals surface area contributed by atoms with Gasteiger partial charge in [0.2, 0.25) is 0 Å². The van der Waals surface area contributed by atoms with Crippen LogP contribution in [0.5, 0.6) is 0 Å². The second-order valence-electron chi connectivity index (χ2n) is 5.49. The molecule has 0 saturated carbocycles. The first-order valence-corrected chi connectivity index (χ1v) is 7.39. The Labute approximate surface area is 141 Å². The lowest BCUT2D eigenvalue weighted by atomic mass is 10.0.